The summed E-state index contributed by atoms with van der Waals surface area (Å²) in [5.74, 6) is 2.80. The number of aryl methyl sites for hydroxylation is 1. The number of carbonyl (C=O) groups excluding carboxylic acids is 1. The summed E-state index contributed by atoms with van der Waals surface area (Å²) in [6.07, 6.45) is 5.52. The van der Waals surface area contributed by atoms with Crippen LogP contribution in [0, 0.1) is 5.92 Å². The van der Waals surface area contributed by atoms with Crippen molar-refractivity contribution in [2.75, 3.05) is 19.6 Å². The smallest absolute Gasteiger partial charge is 0.253 e. The lowest BCUT2D eigenvalue weighted by molar-refractivity contribution is 0.0705. The molecule has 0 unspecified atom stereocenters. The lowest BCUT2D eigenvalue weighted by Crippen LogP contribution is -2.45. The van der Waals surface area contributed by atoms with Crippen molar-refractivity contribution in [3.8, 4) is 5.75 Å². The van der Waals surface area contributed by atoms with Crippen LogP contribution in [0.2, 0.25) is 0 Å². The highest BCUT2D eigenvalue weighted by atomic mass is 35.5. The highest BCUT2D eigenvalue weighted by Gasteiger charge is 2.26. The maximum atomic E-state index is 12.7. The van der Waals surface area contributed by atoms with Crippen molar-refractivity contribution in [2.24, 2.45) is 5.92 Å². The summed E-state index contributed by atoms with van der Waals surface area (Å²) in [6.45, 7) is 4.98. The van der Waals surface area contributed by atoms with E-state index in [0.29, 0.717) is 35.5 Å². The van der Waals surface area contributed by atoms with Crippen molar-refractivity contribution in [2.45, 2.75) is 51.7 Å². The molecule has 0 spiro atoms. The van der Waals surface area contributed by atoms with E-state index in [2.05, 4.69) is 15.5 Å². The lowest BCUT2D eigenvalue weighted by Gasteiger charge is -2.32. The first-order valence-electron chi connectivity index (χ1n) is 10.3. The van der Waals surface area contributed by atoms with Gasteiger partial charge in [0, 0.05) is 31.1 Å². The third kappa shape index (κ3) is 5.93. The van der Waals surface area contributed by atoms with E-state index in [1.807, 2.05) is 36.1 Å². The summed E-state index contributed by atoms with van der Waals surface area (Å²) < 4.78 is 10.7. The average molecular weight is 421 g/mol. The molecule has 1 saturated heterocycles. The third-order valence-corrected chi connectivity index (χ3v) is 5.46. The largest absolute Gasteiger partial charge is 0.485 e. The van der Waals surface area contributed by atoms with Gasteiger partial charge in [-0.05, 0) is 62.4 Å². The second kappa shape index (κ2) is 10.1. The minimum absolute atomic E-state index is 0. The number of benzene rings is 1. The molecule has 2 heterocycles. The summed E-state index contributed by atoms with van der Waals surface area (Å²) in [4.78, 5) is 18.9. The van der Waals surface area contributed by atoms with Crippen LogP contribution < -0.4 is 10.1 Å². The van der Waals surface area contributed by atoms with E-state index in [9.17, 15) is 4.79 Å². The van der Waals surface area contributed by atoms with Crippen molar-refractivity contribution in [3.63, 3.8) is 0 Å². The predicted octanol–water partition coefficient (Wildman–Crippen LogP) is 3.24. The predicted molar refractivity (Wildman–Crippen MR) is 111 cm³/mol. The molecule has 4 rings (SSSR count). The zero-order chi connectivity index (χ0) is 19.3. The summed E-state index contributed by atoms with van der Waals surface area (Å²) in [7, 11) is 0. The van der Waals surface area contributed by atoms with Gasteiger partial charge in [0.05, 0.1) is 0 Å². The number of amides is 1. The Labute approximate surface area is 177 Å². The van der Waals surface area contributed by atoms with Gasteiger partial charge in [-0.25, -0.2) is 0 Å². The Bertz CT molecular complexity index is 783. The monoisotopic (exact) mass is 420 g/mol. The van der Waals surface area contributed by atoms with Gasteiger partial charge in [0.25, 0.3) is 5.91 Å². The number of nitrogens with zero attached hydrogens (tertiary/aromatic N) is 3. The van der Waals surface area contributed by atoms with Gasteiger partial charge in [0.15, 0.2) is 6.61 Å². The molecule has 0 radical (unpaired) electrons. The van der Waals surface area contributed by atoms with E-state index in [4.69, 9.17) is 9.26 Å². The van der Waals surface area contributed by atoms with Crippen LogP contribution in [0.3, 0.4) is 0 Å². The Morgan fingerprint density at radius 2 is 1.93 bits per heavy atom. The van der Waals surface area contributed by atoms with E-state index in [-0.39, 0.29) is 24.9 Å². The number of likely N-dealkylation sites (tertiary alicyclic amines) is 1. The van der Waals surface area contributed by atoms with Gasteiger partial charge in [-0.15, -0.1) is 12.4 Å². The van der Waals surface area contributed by atoms with Crippen molar-refractivity contribution < 1.29 is 14.1 Å². The number of carbonyl (C=O) groups is 1. The third-order valence-electron chi connectivity index (χ3n) is 5.46. The van der Waals surface area contributed by atoms with Crippen molar-refractivity contribution in [1.82, 2.24) is 20.4 Å². The molecule has 1 saturated carbocycles. The number of aromatic nitrogens is 2. The number of ether oxygens (including phenoxy) is 1. The highest BCUT2D eigenvalue weighted by Crippen LogP contribution is 2.28. The van der Waals surface area contributed by atoms with Crippen LogP contribution in [0.4, 0.5) is 0 Å². The first-order chi connectivity index (χ1) is 13.7. The van der Waals surface area contributed by atoms with E-state index in [1.165, 1.54) is 12.8 Å². The van der Waals surface area contributed by atoms with Gasteiger partial charge in [-0.3, -0.25) is 4.79 Å². The van der Waals surface area contributed by atoms with Crippen LogP contribution in [0.5, 0.6) is 5.75 Å². The number of piperidine rings is 1. The Hall–Kier alpha value is -2.12. The number of halogens is 1. The van der Waals surface area contributed by atoms with Gasteiger partial charge in [0.1, 0.15) is 5.75 Å². The summed E-state index contributed by atoms with van der Waals surface area (Å²) >= 11 is 0. The molecule has 29 heavy (non-hydrogen) atoms. The molecule has 1 aliphatic heterocycles. The van der Waals surface area contributed by atoms with E-state index < -0.39 is 0 Å². The van der Waals surface area contributed by atoms with Crippen LogP contribution in [-0.4, -0.2) is 46.6 Å². The first-order valence-corrected chi connectivity index (χ1v) is 10.3. The quantitative estimate of drug-likeness (QED) is 0.706. The molecular weight excluding hydrogens is 392 g/mol. The lowest BCUT2D eigenvalue weighted by atomic mass is 10.0. The topological polar surface area (TPSA) is 80.5 Å². The number of rotatable bonds is 8. The fourth-order valence-corrected chi connectivity index (χ4v) is 3.46. The molecule has 2 aromatic rings. The van der Waals surface area contributed by atoms with E-state index in [1.54, 1.807) is 0 Å². The molecule has 1 aliphatic carbocycles. The average Bonchev–Trinajstić information content (AvgIpc) is 3.46. The number of hydrogen-bond acceptors (Lipinski definition) is 6. The molecular formula is C21H29ClN4O3. The van der Waals surface area contributed by atoms with Gasteiger partial charge >= 0.3 is 0 Å². The maximum Gasteiger partial charge on any atom is 0.253 e. The van der Waals surface area contributed by atoms with Gasteiger partial charge in [-0.1, -0.05) is 12.1 Å². The minimum Gasteiger partial charge on any atom is -0.485 e. The zero-order valence-electron chi connectivity index (χ0n) is 16.8. The molecule has 0 bridgehead atoms. The second-order valence-electron chi connectivity index (χ2n) is 7.69. The van der Waals surface area contributed by atoms with Crippen molar-refractivity contribution in [1.29, 1.82) is 0 Å². The summed E-state index contributed by atoms with van der Waals surface area (Å²) in [6, 6.07) is 7.83. The SMILES string of the molecule is CCc1nc(COc2ccc(C(=O)N3CCC(NCC4CC4)CC3)cc2)no1.Cl. The first kappa shape index (κ1) is 21.6. The minimum atomic E-state index is 0. The van der Waals surface area contributed by atoms with Gasteiger partial charge < -0.3 is 19.5 Å². The molecule has 1 aromatic carbocycles. The van der Waals surface area contributed by atoms with Gasteiger partial charge in [-0.2, -0.15) is 4.98 Å². The molecule has 2 fully saturated rings. The van der Waals surface area contributed by atoms with Gasteiger partial charge in [0.2, 0.25) is 11.7 Å². The fourth-order valence-electron chi connectivity index (χ4n) is 3.46. The normalized spacial score (nSPS) is 17.1. The standard InChI is InChI=1S/C21H28N4O3.ClH/c1-2-20-23-19(24-28-20)14-27-18-7-5-16(6-8-18)21(26)25-11-9-17(10-12-25)22-13-15-3-4-15;/h5-8,15,17,22H,2-4,9-14H2,1H3;1H. The second-order valence-corrected chi connectivity index (χ2v) is 7.69. The van der Waals surface area contributed by atoms with E-state index >= 15 is 0 Å². The fraction of sp³-hybridized carbons (Fsp3) is 0.571. The van der Waals surface area contributed by atoms with Crippen LogP contribution in [0.25, 0.3) is 0 Å². The molecule has 8 heteroatoms. The molecule has 0 atom stereocenters. The summed E-state index contributed by atoms with van der Waals surface area (Å²) in [5, 5.41) is 7.52. The van der Waals surface area contributed by atoms with Crippen molar-refractivity contribution in [3.05, 3.63) is 41.5 Å². The Morgan fingerprint density at radius 1 is 1.21 bits per heavy atom. The Kier molecular flexibility index (Phi) is 7.50. The van der Waals surface area contributed by atoms with Crippen LogP contribution in [-0.2, 0) is 13.0 Å². The summed E-state index contributed by atoms with van der Waals surface area (Å²) in [5.41, 5.74) is 0.699. The van der Waals surface area contributed by atoms with Crippen molar-refractivity contribution >= 4 is 18.3 Å². The molecule has 1 N–H and O–H groups in total. The zero-order valence-corrected chi connectivity index (χ0v) is 17.6. The van der Waals surface area contributed by atoms with Crippen LogP contribution in [0.1, 0.15) is 54.7 Å². The number of hydrogen-bond donors (Lipinski definition) is 1. The Morgan fingerprint density at radius 3 is 2.55 bits per heavy atom. The molecule has 7 nitrogen and oxygen atoms in total. The molecule has 1 amide bonds. The molecule has 1 aromatic heterocycles. The maximum absolute atomic E-state index is 12.7. The highest BCUT2D eigenvalue weighted by molar-refractivity contribution is 5.94. The number of nitrogens with one attached hydrogen (secondary N) is 1. The molecule has 2 aliphatic rings. The van der Waals surface area contributed by atoms with E-state index in [0.717, 1.165) is 38.4 Å². The van der Waals surface area contributed by atoms with Crippen LogP contribution >= 0.6 is 12.4 Å². The van der Waals surface area contributed by atoms with Crippen LogP contribution in [0.15, 0.2) is 28.8 Å². The molecule has 158 valence electrons. The Balaban J connectivity index is 0.00000240.